The molecule has 21 heavy (non-hydrogen) atoms. The van der Waals surface area contributed by atoms with Gasteiger partial charge in [0.15, 0.2) is 5.78 Å². The number of phenolic OH excluding ortho intramolecular Hbond substituents is 1. The zero-order chi connectivity index (χ0) is 15.1. The molecule has 0 unspecified atom stereocenters. The highest BCUT2D eigenvalue weighted by Gasteiger charge is 2.17. The van der Waals surface area contributed by atoms with Crippen molar-refractivity contribution in [3.8, 4) is 5.75 Å². The number of ketones is 1. The number of phenols is 1. The van der Waals surface area contributed by atoms with E-state index in [-0.39, 0.29) is 29.9 Å². The summed E-state index contributed by atoms with van der Waals surface area (Å²) in [6.45, 7) is 1.47. The monoisotopic (exact) mass is 312 g/mol. The van der Waals surface area contributed by atoms with Crippen molar-refractivity contribution >= 4 is 24.3 Å². The van der Waals surface area contributed by atoms with Crippen LogP contribution in [0.1, 0.15) is 5.56 Å². The van der Waals surface area contributed by atoms with E-state index in [0.29, 0.717) is 0 Å². The number of halogens is 1. The molecule has 1 aromatic carbocycles. The summed E-state index contributed by atoms with van der Waals surface area (Å²) in [6, 6.07) is 6.79. The van der Waals surface area contributed by atoms with Gasteiger partial charge in [-0.1, -0.05) is 18.2 Å². The molecule has 0 aliphatic carbocycles. The molecule has 0 heterocycles. The fraction of sp³-hybridized carbons (Fsp3) is 0.438. The normalized spacial score (nSPS) is 11.4. The molecule has 0 fully saturated rings. The maximum atomic E-state index is 12.3. The molecule has 0 spiro atoms. The summed E-state index contributed by atoms with van der Waals surface area (Å²) >= 11 is 0. The molecular formula is C16H25ClN2O2. The second-order valence-corrected chi connectivity index (χ2v) is 5.55. The first-order valence-corrected chi connectivity index (χ1v) is 6.69. The summed E-state index contributed by atoms with van der Waals surface area (Å²) < 4.78 is 0. The summed E-state index contributed by atoms with van der Waals surface area (Å²) in [7, 11) is 7.89. The summed E-state index contributed by atoms with van der Waals surface area (Å²) in [4.78, 5) is 16.3. The van der Waals surface area contributed by atoms with Crippen molar-refractivity contribution in [1.82, 2.24) is 9.80 Å². The lowest BCUT2D eigenvalue weighted by atomic mass is 10.0. The average molecular weight is 313 g/mol. The Kier molecular flexibility index (Phi) is 8.93. The SMILES string of the molecule is CN(C)CC(CN(C)C)C(=O)/C=C/c1ccc(O)cc1.Cl. The van der Waals surface area contributed by atoms with Gasteiger partial charge in [-0.15, -0.1) is 12.4 Å². The molecule has 118 valence electrons. The Labute approximate surface area is 133 Å². The molecule has 0 radical (unpaired) electrons. The van der Waals surface area contributed by atoms with Crippen LogP contribution in [0.5, 0.6) is 5.75 Å². The van der Waals surface area contributed by atoms with Gasteiger partial charge in [0.05, 0.1) is 0 Å². The number of aromatic hydroxyl groups is 1. The Bertz CT molecular complexity index is 446. The number of hydrogen-bond acceptors (Lipinski definition) is 4. The van der Waals surface area contributed by atoms with E-state index in [1.165, 1.54) is 0 Å². The van der Waals surface area contributed by atoms with Crippen LogP contribution in [0.15, 0.2) is 30.3 Å². The minimum absolute atomic E-state index is 0. The molecule has 0 saturated carbocycles. The number of nitrogens with zero attached hydrogens (tertiary/aromatic N) is 2. The van der Waals surface area contributed by atoms with E-state index in [1.807, 2.05) is 38.0 Å². The van der Waals surface area contributed by atoms with E-state index in [4.69, 9.17) is 0 Å². The number of hydrogen-bond donors (Lipinski definition) is 1. The van der Waals surface area contributed by atoms with Crippen molar-refractivity contribution in [2.45, 2.75) is 0 Å². The molecule has 0 atom stereocenters. The van der Waals surface area contributed by atoms with Crippen LogP contribution in [-0.2, 0) is 4.79 Å². The highest BCUT2D eigenvalue weighted by molar-refractivity contribution is 5.95. The highest BCUT2D eigenvalue weighted by Crippen LogP contribution is 2.12. The second-order valence-electron chi connectivity index (χ2n) is 5.55. The molecule has 1 rings (SSSR count). The molecular weight excluding hydrogens is 288 g/mol. The van der Waals surface area contributed by atoms with Crippen LogP contribution < -0.4 is 0 Å². The van der Waals surface area contributed by atoms with Crippen LogP contribution in [0.4, 0.5) is 0 Å². The molecule has 0 aliphatic rings. The summed E-state index contributed by atoms with van der Waals surface area (Å²) in [5.41, 5.74) is 0.907. The molecule has 0 aromatic heterocycles. The van der Waals surface area contributed by atoms with Gasteiger partial charge in [-0.2, -0.15) is 0 Å². The van der Waals surface area contributed by atoms with Crippen molar-refractivity contribution in [3.05, 3.63) is 35.9 Å². The zero-order valence-corrected chi connectivity index (χ0v) is 13.9. The first-order chi connectivity index (χ1) is 9.38. The predicted octanol–water partition coefficient (Wildman–Crippen LogP) is 2.14. The van der Waals surface area contributed by atoms with Gasteiger partial charge in [0, 0.05) is 19.0 Å². The van der Waals surface area contributed by atoms with Gasteiger partial charge in [-0.25, -0.2) is 0 Å². The topological polar surface area (TPSA) is 43.8 Å². The molecule has 0 saturated heterocycles. The van der Waals surface area contributed by atoms with Gasteiger partial charge in [0.1, 0.15) is 5.75 Å². The molecule has 0 bridgehead atoms. The van der Waals surface area contributed by atoms with E-state index < -0.39 is 0 Å². The average Bonchev–Trinajstić information content (AvgIpc) is 2.36. The first-order valence-electron chi connectivity index (χ1n) is 6.69. The van der Waals surface area contributed by atoms with Gasteiger partial charge >= 0.3 is 0 Å². The van der Waals surface area contributed by atoms with Crippen LogP contribution >= 0.6 is 12.4 Å². The van der Waals surface area contributed by atoms with Gasteiger partial charge in [0.2, 0.25) is 0 Å². The van der Waals surface area contributed by atoms with Gasteiger partial charge in [0.25, 0.3) is 0 Å². The number of benzene rings is 1. The molecule has 0 amide bonds. The quantitative estimate of drug-likeness (QED) is 0.783. The third-order valence-corrected chi connectivity index (χ3v) is 2.91. The maximum Gasteiger partial charge on any atom is 0.161 e. The largest absolute Gasteiger partial charge is 0.508 e. The van der Waals surface area contributed by atoms with E-state index in [1.54, 1.807) is 36.4 Å². The molecule has 4 nitrogen and oxygen atoms in total. The van der Waals surface area contributed by atoms with Gasteiger partial charge in [-0.05, 0) is 52.0 Å². The van der Waals surface area contributed by atoms with Crippen molar-refractivity contribution in [2.24, 2.45) is 5.92 Å². The van der Waals surface area contributed by atoms with Gasteiger partial charge < -0.3 is 14.9 Å². The fourth-order valence-corrected chi connectivity index (χ4v) is 2.02. The minimum atomic E-state index is -0.0339. The summed E-state index contributed by atoms with van der Waals surface area (Å²) in [5, 5.41) is 9.22. The minimum Gasteiger partial charge on any atom is -0.508 e. The standard InChI is InChI=1S/C16H24N2O2.ClH/c1-17(2)11-14(12-18(3)4)16(20)10-7-13-5-8-15(19)9-6-13;/h5-10,14,19H,11-12H2,1-4H3;1H/b10-7+;. The second kappa shape index (κ2) is 9.55. The van der Waals surface area contributed by atoms with Crippen molar-refractivity contribution in [3.63, 3.8) is 0 Å². The van der Waals surface area contributed by atoms with E-state index >= 15 is 0 Å². The molecule has 1 N–H and O–H groups in total. The maximum absolute atomic E-state index is 12.3. The Morgan fingerprint density at radius 1 is 1.10 bits per heavy atom. The number of carbonyl (C=O) groups excluding carboxylic acids is 1. The van der Waals surface area contributed by atoms with Crippen LogP contribution in [0.2, 0.25) is 0 Å². The van der Waals surface area contributed by atoms with Crippen LogP contribution in [0, 0.1) is 5.92 Å². The van der Waals surface area contributed by atoms with E-state index in [0.717, 1.165) is 18.7 Å². The highest BCUT2D eigenvalue weighted by atomic mass is 35.5. The zero-order valence-electron chi connectivity index (χ0n) is 13.1. The predicted molar refractivity (Wildman–Crippen MR) is 90.0 cm³/mol. The molecule has 5 heteroatoms. The van der Waals surface area contributed by atoms with Crippen LogP contribution in [0.25, 0.3) is 6.08 Å². The number of carbonyl (C=O) groups is 1. The number of rotatable bonds is 7. The van der Waals surface area contributed by atoms with Crippen LogP contribution in [0.3, 0.4) is 0 Å². The van der Waals surface area contributed by atoms with Crippen molar-refractivity contribution in [1.29, 1.82) is 0 Å². The Hall–Kier alpha value is -1.36. The van der Waals surface area contributed by atoms with Crippen molar-refractivity contribution < 1.29 is 9.90 Å². The summed E-state index contributed by atoms with van der Waals surface area (Å²) in [5.74, 6) is 0.320. The fourth-order valence-electron chi connectivity index (χ4n) is 2.02. The Balaban J connectivity index is 0.00000400. The smallest absolute Gasteiger partial charge is 0.161 e. The Morgan fingerprint density at radius 2 is 1.57 bits per heavy atom. The third kappa shape index (κ3) is 7.85. The third-order valence-electron chi connectivity index (χ3n) is 2.91. The first kappa shape index (κ1) is 19.6. The lowest BCUT2D eigenvalue weighted by Gasteiger charge is -2.22. The molecule has 0 aliphatic heterocycles. The number of allylic oxidation sites excluding steroid dienone is 1. The van der Waals surface area contributed by atoms with Crippen molar-refractivity contribution in [2.75, 3.05) is 41.3 Å². The van der Waals surface area contributed by atoms with E-state index in [9.17, 15) is 9.90 Å². The lowest BCUT2D eigenvalue weighted by Crippen LogP contribution is -2.34. The lowest BCUT2D eigenvalue weighted by molar-refractivity contribution is -0.119. The van der Waals surface area contributed by atoms with Gasteiger partial charge in [-0.3, -0.25) is 4.79 Å². The summed E-state index contributed by atoms with van der Waals surface area (Å²) in [6.07, 6.45) is 3.42. The van der Waals surface area contributed by atoms with Crippen LogP contribution in [-0.4, -0.2) is 62.0 Å². The van der Waals surface area contributed by atoms with E-state index in [2.05, 4.69) is 0 Å². The molecule has 1 aromatic rings. The Morgan fingerprint density at radius 3 is 2.00 bits per heavy atom.